The van der Waals surface area contributed by atoms with Gasteiger partial charge in [0.15, 0.2) is 0 Å². The molecule has 5 nitrogen and oxygen atoms in total. The fourth-order valence-corrected chi connectivity index (χ4v) is 2.00. The molecule has 0 amide bonds. The second kappa shape index (κ2) is 5.36. The van der Waals surface area contributed by atoms with E-state index >= 15 is 0 Å². The lowest BCUT2D eigenvalue weighted by Gasteiger charge is -2.09. The van der Waals surface area contributed by atoms with Crippen LogP contribution in [0.4, 0.5) is 5.82 Å². The summed E-state index contributed by atoms with van der Waals surface area (Å²) in [5, 5.41) is 1.06. The molecule has 2 N–H and O–H groups in total. The Hall–Kier alpha value is -2.69. The number of hydrogen-bond donors (Lipinski definition) is 1. The van der Waals surface area contributed by atoms with Gasteiger partial charge in [0.05, 0.1) is 5.52 Å². The normalized spacial score (nSPS) is 11.0. The number of hydrogen-bond acceptors (Lipinski definition) is 5. The summed E-state index contributed by atoms with van der Waals surface area (Å²) in [6.45, 7) is 4.02. The summed E-state index contributed by atoms with van der Waals surface area (Å²) in [4.78, 5) is 12.9. The lowest BCUT2D eigenvalue weighted by molar-refractivity contribution is 0.458. The smallest absolute Gasteiger partial charge is 0.224 e. The Kier molecular flexibility index (Phi) is 3.39. The Morgan fingerprint density at radius 1 is 1.10 bits per heavy atom. The molecule has 1 aromatic carbocycles. The van der Waals surface area contributed by atoms with Crippen molar-refractivity contribution in [3.05, 3.63) is 48.4 Å². The SMILES string of the molecule is CC(C)c1nc(N)cc(Oc2ccc3cccnc3c2)n1. The molecular weight excluding hydrogens is 264 g/mol. The van der Waals surface area contributed by atoms with Gasteiger partial charge in [-0.15, -0.1) is 0 Å². The number of pyridine rings is 1. The summed E-state index contributed by atoms with van der Waals surface area (Å²) in [5.41, 5.74) is 6.67. The fraction of sp³-hybridized carbons (Fsp3) is 0.188. The van der Waals surface area contributed by atoms with Crippen LogP contribution in [0.15, 0.2) is 42.6 Å². The third kappa shape index (κ3) is 2.91. The van der Waals surface area contributed by atoms with E-state index in [2.05, 4.69) is 15.0 Å². The number of benzene rings is 1. The first kappa shape index (κ1) is 13.3. The van der Waals surface area contributed by atoms with E-state index in [1.807, 2.05) is 44.2 Å². The van der Waals surface area contributed by atoms with E-state index in [0.29, 0.717) is 23.3 Å². The number of rotatable bonds is 3. The van der Waals surface area contributed by atoms with Gasteiger partial charge in [0.1, 0.15) is 17.4 Å². The van der Waals surface area contributed by atoms with Crippen molar-refractivity contribution in [1.29, 1.82) is 0 Å². The fourth-order valence-electron chi connectivity index (χ4n) is 2.00. The van der Waals surface area contributed by atoms with Crippen LogP contribution in [0.1, 0.15) is 25.6 Å². The Balaban J connectivity index is 1.94. The minimum absolute atomic E-state index is 0.189. The van der Waals surface area contributed by atoms with Crippen LogP contribution in [0.2, 0.25) is 0 Å². The first-order valence-electron chi connectivity index (χ1n) is 6.79. The molecule has 3 rings (SSSR count). The molecule has 2 aromatic heterocycles. The minimum Gasteiger partial charge on any atom is -0.439 e. The van der Waals surface area contributed by atoms with Crippen LogP contribution in [-0.2, 0) is 0 Å². The summed E-state index contributed by atoms with van der Waals surface area (Å²) < 4.78 is 5.79. The molecule has 2 heterocycles. The van der Waals surface area contributed by atoms with E-state index < -0.39 is 0 Å². The maximum atomic E-state index is 5.80. The molecule has 0 saturated heterocycles. The van der Waals surface area contributed by atoms with Gasteiger partial charge in [0, 0.05) is 29.6 Å². The minimum atomic E-state index is 0.189. The van der Waals surface area contributed by atoms with Gasteiger partial charge in [-0.05, 0) is 18.2 Å². The zero-order valence-electron chi connectivity index (χ0n) is 11.9. The van der Waals surface area contributed by atoms with Crippen LogP contribution in [-0.4, -0.2) is 15.0 Å². The van der Waals surface area contributed by atoms with Crippen molar-refractivity contribution in [2.24, 2.45) is 0 Å². The Morgan fingerprint density at radius 2 is 1.95 bits per heavy atom. The number of nitrogens with two attached hydrogens (primary N) is 1. The molecule has 3 aromatic rings. The third-order valence-electron chi connectivity index (χ3n) is 3.06. The quantitative estimate of drug-likeness (QED) is 0.794. The molecule has 0 radical (unpaired) electrons. The predicted octanol–water partition coefficient (Wildman–Crippen LogP) is 3.52. The van der Waals surface area contributed by atoms with Crippen molar-refractivity contribution in [2.75, 3.05) is 5.73 Å². The maximum absolute atomic E-state index is 5.80. The summed E-state index contributed by atoms with van der Waals surface area (Å²) >= 11 is 0. The van der Waals surface area contributed by atoms with Crippen molar-refractivity contribution in [2.45, 2.75) is 19.8 Å². The molecule has 5 heteroatoms. The first-order chi connectivity index (χ1) is 10.1. The number of fused-ring (bicyclic) bond motifs is 1. The summed E-state index contributed by atoms with van der Waals surface area (Å²) in [6, 6.07) is 11.3. The van der Waals surface area contributed by atoms with Gasteiger partial charge < -0.3 is 10.5 Å². The largest absolute Gasteiger partial charge is 0.439 e. The number of aromatic nitrogens is 3. The highest BCUT2D eigenvalue weighted by Gasteiger charge is 2.08. The lowest BCUT2D eigenvalue weighted by Crippen LogP contribution is -2.03. The summed E-state index contributed by atoms with van der Waals surface area (Å²) in [6.07, 6.45) is 1.76. The van der Waals surface area contributed by atoms with Crippen molar-refractivity contribution >= 4 is 16.7 Å². The number of nitrogens with zero attached hydrogens (tertiary/aromatic N) is 3. The third-order valence-corrected chi connectivity index (χ3v) is 3.06. The zero-order chi connectivity index (χ0) is 14.8. The Bertz CT molecular complexity index is 786. The molecule has 0 bridgehead atoms. The molecule has 106 valence electrons. The molecule has 0 aliphatic heterocycles. The summed E-state index contributed by atoms with van der Waals surface area (Å²) in [5.74, 6) is 2.39. The average molecular weight is 280 g/mol. The van der Waals surface area contributed by atoms with E-state index in [0.717, 1.165) is 10.9 Å². The summed E-state index contributed by atoms with van der Waals surface area (Å²) in [7, 11) is 0. The van der Waals surface area contributed by atoms with Gasteiger partial charge in [-0.1, -0.05) is 19.9 Å². The van der Waals surface area contributed by atoms with Crippen LogP contribution in [0.25, 0.3) is 10.9 Å². The standard InChI is InChI=1S/C16H16N4O/c1-10(2)16-19-14(17)9-15(20-16)21-12-6-5-11-4-3-7-18-13(11)8-12/h3-10H,1-2H3,(H2,17,19,20). The van der Waals surface area contributed by atoms with Gasteiger partial charge in [0.25, 0.3) is 0 Å². The molecule has 0 spiro atoms. The topological polar surface area (TPSA) is 73.9 Å². The highest BCUT2D eigenvalue weighted by atomic mass is 16.5. The van der Waals surface area contributed by atoms with E-state index in [1.54, 1.807) is 12.3 Å². The second-order valence-electron chi connectivity index (χ2n) is 5.10. The second-order valence-corrected chi connectivity index (χ2v) is 5.10. The molecule has 0 fully saturated rings. The van der Waals surface area contributed by atoms with Crippen LogP contribution < -0.4 is 10.5 Å². The van der Waals surface area contributed by atoms with Gasteiger partial charge >= 0.3 is 0 Å². The van der Waals surface area contributed by atoms with E-state index in [9.17, 15) is 0 Å². The number of nitrogen functional groups attached to an aromatic ring is 1. The van der Waals surface area contributed by atoms with Gasteiger partial charge in [0.2, 0.25) is 5.88 Å². The maximum Gasteiger partial charge on any atom is 0.224 e. The molecule has 21 heavy (non-hydrogen) atoms. The van der Waals surface area contributed by atoms with E-state index in [4.69, 9.17) is 10.5 Å². The van der Waals surface area contributed by atoms with Crippen LogP contribution in [0.5, 0.6) is 11.6 Å². The monoisotopic (exact) mass is 280 g/mol. The van der Waals surface area contributed by atoms with Crippen molar-refractivity contribution in [3.8, 4) is 11.6 Å². The number of anilines is 1. The van der Waals surface area contributed by atoms with Crippen LogP contribution >= 0.6 is 0 Å². The van der Waals surface area contributed by atoms with Crippen molar-refractivity contribution in [3.63, 3.8) is 0 Å². The van der Waals surface area contributed by atoms with Crippen LogP contribution in [0.3, 0.4) is 0 Å². The van der Waals surface area contributed by atoms with Gasteiger partial charge in [-0.2, -0.15) is 4.98 Å². The van der Waals surface area contributed by atoms with Crippen LogP contribution in [0, 0.1) is 0 Å². The molecular formula is C16H16N4O. The van der Waals surface area contributed by atoms with E-state index in [1.165, 1.54) is 0 Å². The van der Waals surface area contributed by atoms with Gasteiger partial charge in [-0.3, -0.25) is 4.98 Å². The first-order valence-corrected chi connectivity index (χ1v) is 6.79. The van der Waals surface area contributed by atoms with Crippen molar-refractivity contribution in [1.82, 2.24) is 15.0 Å². The molecule has 0 saturated carbocycles. The Labute approximate surface area is 122 Å². The Morgan fingerprint density at radius 3 is 2.76 bits per heavy atom. The molecule has 0 unspecified atom stereocenters. The highest BCUT2D eigenvalue weighted by molar-refractivity contribution is 5.79. The lowest BCUT2D eigenvalue weighted by atomic mass is 10.2. The zero-order valence-corrected chi connectivity index (χ0v) is 11.9. The van der Waals surface area contributed by atoms with Crippen molar-refractivity contribution < 1.29 is 4.74 Å². The molecule has 0 aliphatic rings. The van der Waals surface area contributed by atoms with E-state index in [-0.39, 0.29) is 5.92 Å². The average Bonchev–Trinajstić information content (AvgIpc) is 2.46. The number of ether oxygens (including phenoxy) is 1. The van der Waals surface area contributed by atoms with Gasteiger partial charge in [-0.25, -0.2) is 4.98 Å². The molecule has 0 aliphatic carbocycles. The predicted molar refractivity (Wildman–Crippen MR) is 82.4 cm³/mol. The highest BCUT2D eigenvalue weighted by Crippen LogP contribution is 2.25. The molecule has 0 atom stereocenters.